The average Bonchev–Trinajstić information content (AvgIpc) is 3.15. The average molecular weight is 437 g/mol. The zero-order valence-corrected chi connectivity index (χ0v) is 18.0. The summed E-state index contributed by atoms with van der Waals surface area (Å²) in [5.74, 6) is -0.902. The van der Waals surface area contributed by atoms with Crippen molar-refractivity contribution in [1.82, 2.24) is 0 Å². The van der Waals surface area contributed by atoms with E-state index in [2.05, 4.69) is 29.6 Å². The number of carboxylic acids is 1. The zero-order valence-electron chi connectivity index (χ0n) is 18.0. The topological polar surface area (TPSA) is 75.6 Å². The Morgan fingerprint density at radius 2 is 1.45 bits per heavy atom. The third-order valence-electron chi connectivity index (χ3n) is 6.21. The van der Waals surface area contributed by atoms with Gasteiger partial charge in [-0.3, -0.25) is 10.1 Å². The summed E-state index contributed by atoms with van der Waals surface area (Å²) < 4.78 is 5.67. The SMILES string of the molecule is O=C(O)CCc1c(NC(=O)OCC2c3ccccc3-c3ccccc32)ccc2ccccc12. The van der Waals surface area contributed by atoms with Gasteiger partial charge in [0, 0.05) is 18.0 Å². The van der Waals surface area contributed by atoms with E-state index in [9.17, 15) is 14.7 Å². The van der Waals surface area contributed by atoms with Gasteiger partial charge in [-0.05, 0) is 51.1 Å². The normalized spacial score (nSPS) is 12.2. The van der Waals surface area contributed by atoms with Gasteiger partial charge in [0.25, 0.3) is 0 Å². The van der Waals surface area contributed by atoms with Crippen molar-refractivity contribution in [3.63, 3.8) is 0 Å². The van der Waals surface area contributed by atoms with Crippen molar-refractivity contribution in [2.45, 2.75) is 18.8 Å². The molecule has 164 valence electrons. The van der Waals surface area contributed by atoms with Crippen molar-refractivity contribution >= 4 is 28.5 Å². The molecule has 0 heterocycles. The number of carbonyl (C=O) groups is 2. The first-order chi connectivity index (χ1) is 16.1. The highest BCUT2D eigenvalue weighted by molar-refractivity contribution is 5.95. The Morgan fingerprint density at radius 3 is 2.15 bits per heavy atom. The second kappa shape index (κ2) is 8.79. The summed E-state index contributed by atoms with van der Waals surface area (Å²) in [7, 11) is 0. The molecule has 0 unspecified atom stereocenters. The molecule has 4 aromatic rings. The number of carbonyl (C=O) groups excluding carboxylic acids is 1. The molecule has 0 atom stereocenters. The molecule has 0 saturated carbocycles. The molecular formula is C28H23NO4. The molecule has 0 bridgehead atoms. The van der Waals surface area contributed by atoms with Crippen molar-refractivity contribution < 1.29 is 19.4 Å². The van der Waals surface area contributed by atoms with Gasteiger partial charge in [-0.1, -0.05) is 78.9 Å². The first kappa shape index (κ1) is 20.8. The number of aliphatic carboxylic acids is 1. The summed E-state index contributed by atoms with van der Waals surface area (Å²) in [5.41, 5.74) is 6.02. The van der Waals surface area contributed by atoms with Crippen molar-refractivity contribution in [2.24, 2.45) is 0 Å². The van der Waals surface area contributed by atoms with Gasteiger partial charge in [0.1, 0.15) is 6.61 Å². The van der Waals surface area contributed by atoms with Crippen LogP contribution in [-0.4, -0.2) is 23.8 Å². The van der Waals surface area contributed by atoms with Gasteiger partial charge in [0.05, 0.1) is 0 Å². The molecule has 0 aliphatic heterocycles. The van der Waals surface area contributed by atoms with Gasteiger partial charge in [0.15, 0.2) is 0 Å². The van der Waals surface area contributed by atoms with Crippen LogP contribution in [0.5, 0.6) is 0 Å². The minimum absolute atomic E-state index is 0.0205. The lowest BCUT2D eigenvalue weighted by Crippen LogP contribution is -2.19. The number of ether oxygens (including phenoxy) is 1. The molecule has 1 amide bonds. The maximum atomic E-state index is 12.8. The monoisotopic (exact) mass is 437 g/mol. The van der Waals surface area contributed by atoms with Crippen LogP contribution >= 0.6 is 0 Å². The number of fused-ring (bicyclic) bond motifs is 4. The highest BCUT2D eigenvalue weighted by Crippen LogP contribution is 2.44. The third kappa shape index (κ3) is 4.05. The molecule has 0 spiro atoms. The van der Waals surface area contributed by atoms with Crippen LogP contribution in [0.3, 0.4) is 0 Å². The Kier molecular flexibility index (Phi) is 5.53. The lowest BCUT2D eigenvalue weighted by atomic mass is 9.98. The van der Waals surface area contributed by atoms with E-state index in [4.69, 9.17) is 4.74 Å². The Balaban J connectivity index is 1.36. The van der Waals surface area contributed by atoms with Crippen molar-refractivity contribution in [1.29, 1.82) is 0 Å². The minimum Gasteiger partial charge on any atom is -0.481 e. The molecular weight excluding hydrogens is 414 g/mol. The van der Waals surface area contributed by atoms with Gasteiger partial charge in [-0.2, -0.15) is 0 Å². The summed E-state index contributed by atoms with van der Waals surface area (Å²) in [6.45, 7) is 0.220. The molecule has 0 radical (unpaired) electrons. The molecule has 5 heteroatoms. The fraction of sp³-hybridized carbons (Fsp3) is 0.143. The largest absolute Gasteiger partial charge is 0.481 e. The van der Waals surface area contributed by atoms with Crippen molar-refractivity contribution in [2.75, 3.05) is 11.9 Å². The smallest absolute Gasteiger partial charge is 0.411 e. The van der Waals surface area contributed by atoms with Gasteiger partial charge < -0.3 is 9.84 Å². The fourth-order valence-electron chi connectivity index (χ4n) is 4.70. The predicted octanol–water partition coefficient (Wildman–Crippen LogP) is 6.22. The molecule has 0 fully saturated rings. The van der Waals surface area contributed by atoms with Gasteiger partial charge in [-0.25, -0.2) is 4.79 Å². The van der Waals surface area contributed by atoms with E-state index in [0.29, 0.717) is 12.1 Å². The Morgan fingerprint density at radius 1 is 0.818 bits per heavy atom. The van der Waals surface area contributed by atoms with Crippen LogP contribution < -0.4 is 5.32 Å². The van der Waals surface area contributed by atoms with Crippen LogP contribution in [0.25, 0.3) is 21.9 Å². The number of hydrogen-bond donors (Lipinski definition) is 2. The second-order valence-electron chi connectivity index (χ2n) is 8.16. The first-order valence-corrected chi connectivity index (χ1v) is 11.0. The van der Waals surface area contributed by atoms with E-state index in [0.717, 1.165) is 27.5 Å². The number of anilines is 1. The summed E-state index contributed by atoms with van der Waals surface area (Å²) in [6.07, 6.45) is -0.257. The summed E-state index contributed by atoms with van der Waals surface area (Å²) in [5, 5.41) is 13.9. The molecule has 5 rings (SSSR count). The van der Waals surface area contributed by atoms with Crippen LogP contribution in [0.2, 0.25) is 0 Å². The van der Waals surface area contributed by atoms with Crippen LogP contribution in [0, 0.1) is 0 Å². The molecule has 33 heavy (non-hydrogen) atoms. The Hall–Kier alpha value is -4.12. The quantitative estimate of drug-likeness (QED) is 0.376. The highest BCUT2D eigenvalue weighted by atomic mass is 16.5. The van der Waals surface area contributed by atoms with Crippen LogP contribution in [-0.2, 0) is 16.0 Å². The number of carboxylic acid groups (broad SMARTS) is 1. The number of amides is 1. The van der Waals surface area contributed by atoms with E-state index in [1.807, 2.05) is 54.6 Å². The van der Waals surface area contributed by atoms with Gasteiger partial charge in [-0.15, -0.1) is 0 Å². The van der Waals surface area contributed by atoms with E-state index >= 15 is 0 Å². The second-order valence-corrected chi connectivity index (χ2v) is 8.16. The summed E-state index contributed by atoms with van der Waals surface area (Å²) in [4.78, 5) is 24.0. The number of hydrogen-bond acceptors (Lipinski definition) is 3. The zero-order chi connectivity index (χ0) is 22.8. The lowest BCUT2D eigenvalue weighted by Gasteiger charge is -2.16. The number of aryl methyl sites for hydroxylation is 1. The molecule has 5 nitrogen and oxygen atoms in total. The van der Waals surface area contributed by atoms with E-state index in [-0.39, 0.29) is 18.9 Å². The predicted molar refractivity (Wildman–Crippen MR) is 129 cm³/mol. The minimum atomic E-state index is -0.880. The Bertz CT molecular complexity index is 1320. The van der Waals surface area contributed by atoms with Gasteiger partial charge in [0.2, 0.25) is 0 Å². The standard InChI is InChI=1S/C28H23NO4/c30-27(31)16-14-24-19-8-2-1-7-18(19)13-15-26(24)29-28(32)33-17-25-22-11-5-3-9-20(22)21-10-4-6-12-23(21)25/h1-13,15,25H,14,16-17H2,(H,29,32)(H,30,31). The Labute approximate surface area is 191 Å². The van der Waals surface area contributed by atoms with E-state index in [1.165, 1.54) is 11.1 Å². The van der Waals surface area contributed by atoms with E-state index < -0.39 is 12.1 Å². The van der Waals surface area contributed by atoms with Crippen molar-refractivity contribution in [3.05, 3.63) is 102 Å². The van der Waals surface area contributed by atoms with Gasteiger partial charge >= 0.3 is 12.1 Å². The molecule has 1 aliphatic carbocycles. The molecule has 0 saturated heterocycles. The summed E-state index contributed by atoms with van der Waals surface area (Å²) >= 11 is 0. The lowest BCUT2D eigenvalue weighted by molar-refractivity contribution is -0.136. The maximum absolute atomic E-state index is 12.8. The number of nitrogens with one attached hydrogen (secondary N) is 1. The molecule has 1 aliphatic rings. The third-order valence-corrected chi connectivity index (χ3v) is 6.21. The molecule has 4 aromatic carbocycles. The van der Waals surface area contributed by atoms with Crippen LogP contribution in [0.15, 0.2) is 84.9 Å². The first-order valence-electron chi connectivity index (χ1n) is 11.0. The van der Waals surface area contributed by atoms with Crippen LogP contribution in [0.1, 0.15) is 29.0 Å². The van der Waals surface area contributed by atoms with Crippen molar-refractivity contribution in [3.8, 4) is 11.1 Å². The van der Waals surface area contributed by atoms with E-state index in [1.54, 1.807) is 6.07 Å². The fourth-order valence-corrected chi connectivity index (χ4v) is 4.70. The molecule has 0 aromatic heterocycles. The summed E-state index contributed by atoms with van der Waals surface area (Å²) in [6, 6.07) is 27.9. The highest BCUT2D eigenvalue weighted by Gasteiger charge is 2.29. The maximum Gasteiger partial charge on any atom is 0.411 e. The van der Waals surface area contributed by atoms with Crippen LogP contribution in [0.4, 0.5) is 10.5 Å². The molecule has 2 N–H and O–H groups in total. The number of rotatable bonds is 6. The number of benzene rings is 4.